The van der Waals surface area contributed by atoms with Crippen LogP contribution >= 0.6 is 11.3 Å². The number of carbonyl (C=O) groups is 2. The number of amides is 1. The van der Waals surface area contributed by atoms with Gasteiger partial charge in [0.2, 0.25) is 0 Å². The average molecular weight is 255 g/mol. The van der Waals surface area contributed by atoms with E-state index in [2.05, 4.69) is 5.32 Å². The number of carboxylic acid groups (broad SMARTS) is 1. The fourth-order valence-corrected chi connectivity index (χ4v) is 1.20. The predicted octanol–water partition coefficient (Wildman–Crippen LogP) is 1.74. The molecule has 0 unspecified atom stereocenters. The third-order valence-electron chi connectivity index (χ3n) is 1.21. The molecule has 0 atom stereocenters. The molecular formula is C8H8F3NO3S. The van der Waals surface area contributed by atoms with Crippen molar-refractivity contribution in [3.8, 4) is 0 Å². The molecule has 1 heterocycles. The van der Waals surface area contributed by atoms with Crippen molar-refractivity contribution in [2.45, 2.75) is 6.18 Å². The quantitative estimate of drug-likeness (QED) is 0.803. The van der Waals surface area contributed by atoms with Gasteiger partial charge in [-0.15, -0.1) is 11.3 Å². The Balaban J connectivity index is 0.000000293. The van der Waals surface area contributed by atoms with E-state index in [-0.39, 0.29) is 5.91 Å². The SMILES string of the molecule is CNC(=O)c1cccs1.O=C(O)C(F)(F)F. The van der Waals surface area contributed by atoms with E-state index in [1.807, 2.05) is 11.4 Å². The van der Waals surface area contributed by atoms with Gasteiger partial charge in [0.15, 0.2) is 0 Å². The largest absolute Gasteiger partial charge is 0.490 e. The Labute approximate surface area is 92.7 Å². The monoisotopic (exact) mass is 255 g/mol. The molecule has 8 heteroatoms. The van der Waals surface area contributed by atoms with Crippen molar-refractivity contribution >= 4 is 23.2 Å². The summed E-state index contributed by atoms with van der Waals surface area (Å²) in [6.07, 6.45) is -5.08. The van der Waals surface area contributed by atoms with Crippen molar-refractivity contribution in [2.24, 2.45) is 0 Å². The second-order valence-electron chi connectivity index (χ2n) is 2.36. The molecule has 2 N–H and O–H groups in total. The topological polar surface area (TPSA) is 66.4 Å². The molecule has 0 aliphatic carbocycles. The van der Waals surface area contributed by atoms with E-state index in [4.69, 9.17) is 9.90 Å². The Hall–Kier alpha value is -1.57. The van der Waals surface area contributed by atoms with Crippen LogP contribution in [-0.4, -0.2) is 30.2 Å². The summed E-state index contributed by atoms with van der Waals surface area (Å²) >= 11 is 1.44. The number of nitrogens with one attached hydrogen (secondary N) is 1. The molecule has 0 bridgehead atoms. The summed E-state index contributed by atoms with van der Waals surface area (Å²) in [4.78, 5) is 20.4. The van der Waals surface area contributed by atoms with Crippen molar-refractivity contribution < 1.29 is 27.9 Å². The predicted molar refractivity (Wildman–Crippen MR) is 51.4 cm³/mol. The van der Waals surface area contributed by atoms with Gasteiger partial charge in [0.1, 0.15) is 0 Å². The fraction of sp³-hybridized carbons (Fsp3) is 0.250. The lowest BCUT2D eigenvalue weighted by molar-refractivity contribution is -0.192. The maximum absolute atomic E-state index is 10.8. The number of alkyl halides is 3. The normalized spacial score (nSPS) is 10.0. The van der Waals surface area contributed by atoms with E-state index in [0.717, 1.165) is 4.88 Å². The van der Waals surface area contributed by atoms with Crippen molar-refractivity contribution in [1.82, 2.24) is 5.32 Å². The van der Waals surface area contributed by atoms with Gasteiger partial charge in [-0.1, -0.05) is 6.07 Å². The van der Waals surface area contributed by atoms with E-state index in [0.29, 0.717) is 0 Å². The molecule has 0 spiro atoms. The first kappa shape index (κ1) is 14.4. The molecule has 90 valence electrons. The van der Waals surface area contributed by atoms with Crippen LogP contribution in [0.2, 0.25) is 0 Å². The summed E-state index contributed by atoms with van der Waals surface area (Å²) in [6, 6.07) is 3.65. The van der Waals surface area contributed by atoms with Gasteiger partial charge in [-0.2, -0.15) is 13.2 Å². The van der Waals surface area contributed by atoms with Gasteiger partial charge in [-0.25, -0.2) is 4.79 Å². The van der Waals surface area contributed by atoms with E-state index >= 15 is 0 Å². The maximum Gasteiger partial charge on any atom is 0.490 e. The average Bonchev–Trinajstić information content (AvgIpc) is 2.69. The highest BCUT2D eigenvalue weighted by atomic mass is 32.1. The molecular weight excluding hydrogens is 247 g/mol. The summed E-state index contributed by atoms with van der Waals surface area (Å²) in [5.41, 5.74) is 0. The first-order chi connectivity index (χ1) is 7.29. The summed E-state index contributed by atoms with van der Waals surface area (Å²) < 4.78 is 31.7. The van der Waals surface area contributed by atoms with Crippen molar-refractivity contribution in [3.63, 3.8) is 0 Å². The van der Waals surface area contributed by atoms with Crippen LogP contribution in [0.5, 0.6) is 0 Å². The molecule has 0 aliphatic heterocycles. The van der Waals surface area contributed by atoms with Gasteiger partial charge in [0.25, 0.3) is 5.91 Å². The summed E-state index contributed by atoms with van der Waals surface area (Å²) in [5.74, 6) is -2.77. The van der Waals surface area contributed by atoms with Crippen LogP contribution < -0.4 is 5.32 Å². The zero-order chi connectivity index (χ0) is 12.8. The highest BCUT2D eigenvalue weighted by Crippen LogP contribution is 2.13. The minimum absolute atomic E-state index is 0.00926. The number of hydrogen-bond acceptors (Lipinski definition) is 3. The Morgan fingerprint density at radius 2 is 1.94 bits per heavy atom. The minimum atomic E-state index is -5.08. The number of rotatable bonds is 1. The maximum atomic E-state index is 10.8. The van der Waals surface area contributed by atoms with E-state index < -0.39 is 12.1 Å². The summed E-state index contributed by atoms with van der Waals surface area (Å²) in [5, 5.41) is 11.5. The zero-order valence-electron chi connectivity index (χ0n) is 8.04. The molecule has 1 rings (SSSR count). The fourth-order valence-electron chi connectivity index (χ4n) is 0.531. The lowest BCUT2D eigenvalue weighted by atomic mass is 10.4. The van der Waals surface area contributed by atoms with Crippen LogP contribution in [0.4, 0.5) is 13.2 Å². The molecule has 1 amide bonds. The number of hydrogen-bond donors (Lipinski definition) is 2. The minimum Gasteiger partial charge on any atom is -0.475 e. The van der Waals surface area contributed by atoms with Crippen LogP contribution in [0, 0.1) is 0 Å². The smallest absolute Gasteiger partial charge is 0.475 e. The van der Waals surface area contributed by atoms with Gasteiger partial charge in [0.05, 0.1) is 4.88 Å². The van der Waals surface area contributed by atoms with Crippen molar-refractivity contribution in [3.05, 3.63) is 22.4 Å². The van der Waals surface area contributed by atoms with Crippen LogP contribution in [0.3, 0.4) is 0 Å². The molecule has 0 aromatic carbocycles. The molecule has 0 saturated carbocycles. The van der Waals surface area contributed by atoms with Crippen LogP contribution in [0.1, 0.15) is 9.67 Å². The van der Waals surface area contributed by atoms with E-state index in [1.54, 1.807) is 13.1 Å². The molecule has 0 radical (unpaired) electrons. The third kappa shape index (κ3) is 5.35. The van der Waals surface area contributed by atoms with Crippen LogP contribution in [0.15, 0.2) is 17.5 Å². The van der Waals surface area contributed by atoms with Crippen LogP contribution in [-0.2, 0) is 4.79 Å². The highest BCUT2D eigenvalue weighted by molar-refractivity contribution is 7.12. The lowest BCUT2D eigenvalue weighted by Crippen LogP contribution is -2.21. The molecule has 1 aromatic heterocycles. The second kappa shape index (κ2) is 6.11. The Kier molecular flexibility index (Phi) is 5.51. The molecule has 16 heavy (non-hydrogen) atoms. The Bertz CT molecular complexity index is 348. The molecule has 0 fully saturated rings. The third-order valence-corrected chi connectivity index (χ3v) is 2.08. The molecule has 0 aliphatic rings. The van der Waals surface area contributed by atoms with Gasteiger partial charge in [0, 0.05) is 7.05 Å². The van der Waals surface area contributed by atoms with Gasteiger partial charge < -0.3 is 10.4 Å². The Morgan fingerprint density at radius 1 is 1.44 bits per heavy atom. The zero-order valence-corrected chi connectivity index (χ0v) is 8.85. The first-order valence-corrected chi connectivity index (χ1v) is 4.72. The van der Waals surface area contributed by atoms with Crippen molar-refractivity contribution in [2.75, 3.05) is 7.05 Å². The number of thiophene rings is 1. The number of carboxylic acids is 1. The first-order valence-electron chi connectivity index (χ1n) is 3.84. The highest BCUT2D eigenvalue weighted by Gasteiger charge is 2.38. The van der Waals surface area contributed by atoms with E-state index in [1.165, 1.54) is 11.3 Å². The molecule has 1 aromatic rings. The Morgan fingerprint density at radius 3 is 2.19 bits per heavy atom. The molecule has 0 saturated heterocycles. The lowest BCUT2D eigenvalue weighted by Gasteiger charge is -1.93. The standard InChI is InChI=1S/C6H7NOS.C2HF3O2/c1-7-6(8)5-3-2-4-9-5;3-2(4,5)1(6)7/h2-4H,1H3,(H,7,8);(H,6,7). The number of halogens is 3. The van der Waals surface area contributed by atoms with Crippen molar-refractivity contribution in [1.29, 1.82) is 0 Å². The van der Waals surface area contributed by atoms with Crippen LogP contribution in [0.25, 0.3) is 0 Å². The summed E-state index contributed by atoms with van der Waals surface area (Å²) in [7, 11) is 1.63. The number of carbonyl (C=O) groups excluding carboxylic acids is 1. The second-order valence-corrected chi connectivity index (χ2v) is 3.31. The molecule has 4 nitrogen and oxygen atoms in total. The van der Waals surface area contributed by atoms with Gasteiger partial charge in [-0.05, 0) is 11.4 Å². The van der Waals surface area contributed by atoms with Gasteiger partial charge >= 0.3 is 12.1 Å². The number of aliphatic carboxylic acids is 1. The summed E-state index contributed by atoms with van der Waals surface area (Å²) in [6.45, 7) is 0. The van der Waals surface area contributed by atoms with Gasteiger partial charge in [-0.3, -0.25) is 4.79 Å². The van der Waals surface area contributed by atoms with E-state index in [9.17, 15) is 18.0 Å².